The Morgan fingerprint density at radius 3 is 1.63 bits per heavy atom. The molecule has 4 nitrogen and oxygen atoms in total. The lowest BCUT2D eigenvalue weighted by atomic mass is 10.0. The summed E-state index contributed by atoms with van der Waals surface area (Å²) >= 11 is 0. The van der Waals surface area contributed by atoms with E-state index < -0.39 is 5.97 Å². The quantitative estimate of drug-likeness (QED) is 0.251. The number of aliphatic carboxylic acids is 1. The van der Waals surface area contributed by atoms with Gasteiger partial charge in [0, 0.05) is 12.5 Å². The van der Waals surface area contributed by atoms with E-state index in [-0.39, 0.29) is 18.4 Å². The Morgan fingerprint density at radius 1 is 0.778 bits per heavy atom. The van der Waals surface area contributed by atoms with E-state index >= 15 is 0 Å². The number of amides is 1. The molecule has 0 aliphatic carbocycles. The van der Waals surface area contributed by atoms with Crippen LogP contribution in [0.4, 0.5) is 0 Å². The van der Waals surface area contributed by atoms with Crippen molar-refractivity contribution >= 4 is 11.9 Å². The second-order valence-corrected chi connectivity index (χ2v) is 8.48. The van der Waals surface area contributed by atoms with Crippen LogP contribution in [0, 0.1) is 5.92 Å². The second kappa shape index (κ2) is 18.3. The average Bonchev–Trinajstić information content (AvgIpc) is 2.57. The van der Waals surface area contributed by atoms with E-state index in [1.165, 1.54) is 70.6 Å². The smallest absolute Gasteiger partial charge is 0.305 e. The van der Waals surface area contributed by atoms with Crippen molar-refractivity contribution in [2.75, 3.05) is 0 Å². The van der Waals surface area contributed by atoms with E-state index in [4.69, 9.17) is 5.11 Å². The third-order valence-electron chi connectivity index (χ3n) is 5.05. The van der Waals surface area contributed by atoms with Gasteiger partial charge < -0.3 is 10.4 Å². The molecule has 0 fully saturated rings. The third kappa shape index (κ3) is 19.5. The zero-order valence-electron chi connectivity index (χ0n) is 18.2. The fraction of sp³-hybridized carbons (Fsp3) is 0.913. The van der Waals surface area contributed by atoms with Gasteiger partial charge in [0.25, 0.3) is 0 Å². The van der Waals surface area contributed by atoms with Crippen LogP contribution in [0.1, 0.15) is 124 Å². The number of hydrogen-bond donors (Lipinski definition) is 2. The van der Waals surface area contributed by atoms with Crippen molar-refractivity contribution in [3.8, 4) is 0 Å². The Morgan fingerprint density at radius 2 is 1.22 bits per heavy atom. The topological polar surface area (TPSA) is 66.4 Å². The minimum atomic E-state index is -0.845. The van der Waals surface area contributed by atoms with Crippen molar-refractivity contribution in [1.29, 1.82) is 0 Å². The molecule has 0 spiro atoms. The van der Waals surface area contributed by atoms with Crippen molar-refractivity contribution < 1.29 is 14.7 Å². The zero-order valence-corrected chi connectivity index (χ0v) is 18.2. The highest BCUT2D eigenvalue weighted by Crippen LogP contribution is 2.13. The van der Waals surface area contributed by atoms with Crippen LogP contribution >= 0.6 is 0 Å². The molecule has 0 aromatic carbocycles. The standard InChI is InChI=1S/C23H45NO3/c1-4-5-6-7-8-9-10-11-12-13-14-15-16-17-22(25)24-21(18-20(2)3)19-23(26)27/h20-21H,4-19H2,1-3H3,(H,24,25)(H,26,27). The molecule has 0 saturated carbocycles. The van der Waals surface area contributed by atoms with Gasteiger partial charge in [0.15, 0.2) is 0 Å². The first-order valence-electron chi connectivity index (χ1n) is 11.5. The molecule has 0 radical (unpaired) electrons. The Kier molecular flexibility index (Phi) is 17.6. The predicted molar refractivity (Wildman–Crippen MR) is 114 cm³/mol. The molecule has 1 unspecified atom stereocenters. The van der Waals surface area contributed by atoms with Gasteiger partial charge in [-0.05, 0) is 18.8 Å². The summed E-state index contributed by atoms with van der Waals surface area (Å²) in [7, 11) is 0. The van der Waals surface area contributed by atoms with Gasteiger partial charge in [-0.15, -0.1) is 0 Å². The SMILES string of the molecule is CCCCCCCCCCCCCCCC(=O)NC(CC(=O)O)CC(C)C. The molecule has 0 aromatic rings. The molecular weight excluding hydrogens is 338 g/mol. The summed E-state index contributed by atoms with van der Waals surface area (Å²) in [6, 6.07) is -0.239. The van der Waals surface area contributed by atoms with Gasteiger partial charge in [0.1, 0.15) is 0 Å². The predicted octanol–water partition coefficient (Wildman–Crippen LogP) is 6.47. The van der Waals surface area contributed by atoms with E-state index in [2.05, 4.69) is 12.2 Å². The van der Waals surface area contributed by atoms with Crippen molar-refractivity contribution in [3.63, 3.8) is 0 Å². The fourth-order valence-corrected chi connectivity index (χ4v) is 3.58. The molecule has 1 amide bonds. The monoisotopic (exact) mass is 383 g/mol. The van der Waals surface area contributed by atoms with Gasteiger partial charge in [-0.25, -0.2) is 0 Å². The minimum Gasteiger partial charge on any atom is -0.481 e. The molecule has 1 atom stereocenters. The van der Waals surface area contributed by atoms with E-state index in [0.29, 0.717) is 12.3 Å². The average molecular weight is 384 g/mol. The zero-order chi connectivity index (χ0) is 20.3. The van der Waals surface area contributed by atoms with Crippen molar-refractivity contribution in [2.45, 2.75) is 130 Å². The van der Waals surface area contributed by atoms with Crippen LogP contribution in [-0.2, 0) is 9.59 Å². The van der Waals surface area contributed by atoms with E-state index in [1.54, 1.807) is 0 Å². The molecule has 160 valence electrons. The number of carboxylic acids is 1. The fourth-order valence-electron chi connectivity index (χ4n) is 3.58. The van der Waals surface area contributed by atoms with E-state index in [0.717, 1.165) is 19.3 Å². The van der Waals surface area contributed by atoms with E-state index in [1.807, 2.05) is 13.8 Å². The van der Waals surface area contributed by atoms with Gasteiger partial charge in [-0.3, -0.25) is 9.59 Å². The van der Waals surface area contributed by atoms with E-state index in [9.17, 15) is 9.59 Å². The lowest BCUT2D eigenvalue weighted by molar-refractivity contribution is -0.137. The summed E-state index contributed by atoms with van der Waals surface area (Å²) in [5.74, 6) is -0.460. The van der Waals surface area contributed by atoms with Crippen LogP contribution < -0.4 is 5.32 Å². The summed E-state index contributed by atoms with van der Waals surface area (Å²) in [6.07, 6.45) is 18.1. The maximum absolute atomic E-state index is 12.0. The van der Waals surface area contributed by atoms with Crippen molar-refractivity contribution in [1.82, 2.24) is 5.32 Å². The molecule has 0 aliphatic heterocycles. The number of hydrogen-bond acceptors (Lipinski definition) is 2. The van der Waals surface area contributed by atoms with Crippen molar-refractivity contribution in [3.05, 3.63) is 0 Å². The van der Waals surface area contributed by atoms with Crippen LogP contribution in [0.25, 0.3) is 0 Å². The summed E-state index contributed by atoms with van der Waals surface area (Å²) in [6.45, 7) is 6.36. The van der Waals surface area contributed by atoms with Gasteiger partial charge in [-0.2, -0.15) is 0 Å². The van der Waals surface area contributed by atoms with Crippen LogP contribution in [0.5, 0.6) is 0 Å². The number of carbonyl (C=O) groups is 2. The van der Waals surface area contributed by atoms with Gasteiger partial charge in [-0.1, -0.05) is 97.8 Å². The van der Waals surface area contributed by atoms with Gasteiger partial charge >= 0.3 is 5.97 Å². The first-order valence-corrected chi connectivity index (χ1v) is 11.5. The lowest BCUT2D eigenvalue weighted by Crippen LogP contribution is -2.37. The highest BCUT2D eigenvalue weighted by molar-refractivity contribution is 5.77. The molecule has 0 heterocycles. The maximum atomic E-state index is 12.0. The van der Waals surface area contributed by atoms with Crippen LogP contribution in [0.15, 0.2) is 0 Å². The third-order valence-corrected chi connectivity index (χ3v) is 5.05. The largest absolute Gasteiger partial charge is 0.481 e. The van der Waals surface area contributed by atoms with Gasteiger partial charge in [0.05, 0.1) is 6.42 Å². The first-order chi connectivity index (χ1) is 13.0. The summed E-state index contributed by atoms with van der Waals surface area (Å²) in [5.41, 5.74) is 0. The molecule has 0 aromatic heterocycles. The number of unbranched alkanes of at least 4 members (excludes halogenated alkanes) is 12. The van der Waals surface area contributed by atoms with Crippen LogP contribution in [0.3, 0.4) is 0 Å². The number of rotatable bonds is 19. The molecule has 27 heavy (non-hydrogen) atoms. The Labute approximate surface area is 167 Å². The normalized spacial score (nSPS) is 12.3. The molecule has 0 aliphatic rings. The lowest BCUT2D eigenvalue weighted by Gasteiger charge is -2.18. The number of carboxylic acid groups (broad SMARTS) is 1. The highest BCUT2D eigenvalue weighted by Gasteiger charge is 2.17. The maximum Gasteiger partial charge on any atom is 0.305 e. The molecule has 4 heteroatoms. The molecular formula is C23H45NO3. The second-order valence-electron chi connectivity index (χ2n) is 8.48. The van der Waals surface area contributed by atoms with Gasteiger partial charge in [0.2, 0.25) is 5.91 Å². The van der Waals surface area contributed by atoms with Crippen LogP contribution in [0.2, 0.25) is 0 Å². The minimum absolute atomic E-state index is 0.00460. The molecule has 0 bridgehead atoms. The Bertz CT molecular complexity index is 369. The summed E-state index contributed by atoms with van der Waals surface area (Å²) in [5, 5.41) is 11.9. The molecule has 0 saturated heterocycles. The molecule has 0 rings (SSSR count). The first kappa shape index (κ1) is 25.9. The number of nitrogens with one attached hydrogen (secondary N) is 1. The number of carbonyl (C=O) groups excluding carboxylic acids is 1. The summed E-state index contributed by atoms with van der Waals surface area (Å²) in [4.78, 5) is 22.9. The Hall–Kier alpha value is -1.06. The Balaban J connectivity index is 3.52. The highest BCUT2D eigenvalue weighted by atomic mass is 16.4. The molecule has 2 N–H and O–H groups in total. The van der Waals surface area contributed by atoms with Crippen LogP contribution in [-0.4, -0.2) is 23.0 Å². The summed E-state index contributed by atoms with van der Waals surface area (Å²) < 4.78 is 0. The van der Waals surface area contributed by atoms with Crippen molar-refractivity contribution in [2.24, 2.45) is 5.92 Å².